The quantitative estimate of drug-likeness (QED) is 0.913. The maximum atomic E-state index is 11.0. The van der Waals surface area contributed by atoms with Gasteiger partial charge in [-0.1, -0.05) is 0 Å². The lowest BCUT2D eigenvalue weighted by Gasteiger charge is -2.35. The summed E-state index contributed by atoms with van der Waals surface area (Å²) in [6, 6.07) is 2.98. The Labute approximate surface area is 111 Å². The molecule has 2 heterocycles. The number of thiophene rings is 1. The summed E-state index contributed by atoms with van der Waals surface area (Å²) >= 11 is 1.86. The Morgan fingerprint density at radius 1 is 1.44 bits per heavy atom. The minimum atomic E-state index is -0.659. The Kier molecular flexibility index (Phi) is 3.39. The highest BCUT2D eigenvalue weighted by atomic mass is 32.1. The van der Waals surface area contributed by atoms with E-state index in [4.69, 9.17) is 5.11 Å². The number of likely N-dealkylation sites (tertiary alicyclic amines) is 1. The number of hydrogen-bond donors (Lipinski definition) is 1. The minimum Gasteiger partial charge on any atom is -0.481 e. The number of carboxylic acid groups (broad SMARTS) is 1. The summed E-state index contributed by atoms with van der Waals surface area (Å²) in [6.45, 7) is 1.07. The summed E-state index contributed by atoms with van der Waals surface area (Å²) in [5.41, 5.74) is 1.48. The van der Waals surface area contributed by atoms with E-state index in [1.165, 1.54) is 29.7 Å². The predicted molar refractivity (Wildman–Crippen MR) is 72.0 cm³/mol. The first-order chi connectivity index (χ1) is 8.75. The molecular weight excluding hydrogens is 246 g/mol. The van der Waals surface area contributed by atoms with Gasteiger partial charge in [0.1, 0.15) is 0 Å². The Hall–Kier alpha value is -0.870. The van der Waals surface area contributed by atoms with Crippen LogP contribution in [-0.2, 0) is 11.2 Å². The fraction of sp³-hybridized carbons (Fsp3) is 0.643. The van der Waals surface area contributed by atoms with Crippen LogP contribution in [0.5, 0.6) is 0 Å². The number of carbonyl (C=O) groups is 1. The normalized spacial score (nSPS) is 28.2. The third-order valence-corrected chi connectivity index (χ3v) is 5.25. The van der Waals surface area contributed by atoms with Gasteiger partial charge in [-0.2, -0.15) is 0 Å². The maximum Gasteiger partial charge on any atom is 0.304 e. The van der Waals surface area contributed by atoms with E-state index >= 15 is 0 Å². The van der Waals surface area contributed by atoms with Crippen LogP contribution < -0.4 is 0 Å². The fourth-order valence-electron chi connectivity index (χ4n) is 3.50. The first kappa shape index (κ1) is 12.2. The van der Waals surface area contributed by atoms with E-state index in [1.54, 1.807) is 0 Å². The second kappa shape index (κ2) is 5.02. The van der Waals surface area contributed by atoms with Gasteiger partial charge in [0.2, 0.25) is 0 Å². The zero-order chi connectivity index (χ0) is 12.5. The van der Waals surface area contributed by atoms with Crippen molar-refractivity contribution in [2.24, 2.45) is 0 Å². The van der Waals surface area contributed by atoms with Crippen molar-refractivity contribution in [3.05, 3.63) is 21.9 Å². The number of rotatable bonds is 3. The Morgan fingerprint density at radius 3 is 3.17 bits per heavy atom. The molecule has 2 aliphatic rings. The Bertz CT molecular complexity index is 443. The minimum absolute atomic E-state index is 0.248. The summed E-state index contributed by atoms with van der Waals surface area (Å²) in [7, 11) is 0. The topological polar surface area (TPSA) is 40.5 Å². The van der Waals surface area contributed by atoms with Crippen molar-refractivity contribution >= 4 is 17.3 Å². The van der Waals surface area contributed by atoms with Gasteiger partial charge < -0.3 is 5.11 Å². The molecule has 3 nitrogen and oxygen atoms in total. The molecule has 1 fully saturated rings. The number of carboxylic acids is 1. The van der Waals surface area contributed by atoms with Crippen LogP contribution in [0.2, 0.25) is 0 Å². The highest BCUT2D eigenvalue weighted by molar-refractivity contribution is 7.10. The number of aryl methyl sites for hydroxylation is 1. The van der Waals surface area contributed by atoms with Crippen LogP contribution >= 0.6 is 11.3 Å². The summed E-state index contributed by atoms with van der Waals surface area (Å²) in [4.78, 5) is 14.9. The molecule has 0 radical (unpaired) electrons. The lowest BCUT2D eigenvalue weighted by Crippen LogP contribution is -2.36. The van der Waals surface area contributed by atoms with Crippen LogP contribution in [0.15, 0.2) is 11.4 Å². The molecule has 1 aromatic rings. The van der Waals surface area contributed by atoms with Gasteiger partial charge in [-0.05, 0) is 55.7 Å². The average Bonchev–Trinajstić information content (AvgIpc) is 2.95. The molecular formula is C14H19NO2S. The van der Waals surface area contributed by atoms with Crippen LogP contribution in [0, 0.1) is 0 Å². The lowest BCUT2D eigenvalue weighted by atomic mass is 9.92. The molecule has 0 spiro atoms. The molecule has 1 aromatic heterocycles. The Balaban J connectivity index is 1.81. The molecule has 0 saturated carbocycles. The third kappa shape index (κ3) is 2.19. The highest BCUT2D eigenvalue weighted by Gasteiger charge is 2.35. The molecule has 98 valence electrons. The van der Waals surface area contributed by atoms with Crippen LogP contribution in [-0.4, -0.2) is 28.6 Å². The lowest BCUT2D eigenvalue weighted by molar-refractivity contribution is -0.138. The van der Waals surface area contributed by atoms with Gasteiger partial charge in [0.05, 0.1) is 6.42 Å². The zero-order valence-electron chi connectivity index (χ0n) is 10.5. The molecule has 4 heteroatoms. The van der Waals surface area contributed by atoms with E-state index in [9.17, 15) is 4.79 Å². The van der Waals surface area contributed by atoms with E-state index in [2.05, 4.69) is 16.3 Å². The summed E-state index contributed by atoms with van der Waals surface area (Å²) in [6.07, 6.45) is 6.14. The van der Waals surface area contributed by atoms with Gasteiger partial charge in [-0.3, -0.25) is 9.69 Å². The second-order valence-corrected chi connectivity index (χ2v) is 6.34. The van der Waals surface area contributed by atoms with Crippen molar-refractivity contribution < 1.29 is 9.90 Å². The predicted octanol–water partition coefficient (Wildman–Crippen LogP) is 3.06. The van der Waals surface area contributed by atoms with E-state index in [1.807, 2.05) is 11.3 Å². The fourth-order valence-corrected chi connectivity index (χ4v) is 4.48. The summed E-state index contributed by atoms with van der Waals surface area (Å²) in [5.74, 6) is -0.659. The van der Waals surface area contributed by atoms with Crippen LogP contribution in [0.1, 0.15) is 48.6 Å². The van der Waals surface area contributed by atoms with Gasteiger partial charge in [-0.15, -0.1) is 11.3 Å². The molecule has 1 N–H and O–H groups in total. The maximum absolute atomic E-state index is 11.0. The number of fused-ring (bicyclic) bond motifs is 1. The highest BCUT2D eigenvalue weighted by Crippen LogP contribution is 2.40. The summed E-state index contributed by atoms with van der Waals surface area (Å²) in [5, 5.41) is 11.2. The van der Waals surface area contributed by atoms with E-state index in [-0.39, 0.29) is 6.04 Å². The molecule has 3 rings (SSSR count). The van der Waals surface area contributed by atoms with Crippen molar-refractivity contribution in [2.75, 3.05) is 6.54 Å². The molecule has 0 bridgehead atoms. The van der Waals surface area contributed by atoms with Crippen molar-refractivity contribution in [3.8, 4) is 0 Å². The van der Waals surface area contributed by atoms with E-state index < -0.39 is 5.97 Å². The average molecular weight is 265 g/mol. The molecule has 18 heavy (non-hydrogen) atoms. The first-order valence-electron chi connectivity index (χ1n) is 6.79. The molecule has 2 atom stereocenters. The van der Waals surface area contributed by atoms with Crippen LogP contribution in [0.25, 0.3) is 0 Å². The number of hydrogen-bond acceptors (Lipinski definition) is 3. The molecule has 0 aromatic carbocycles. The smallest absolute Gasteiger partial charge is 0.304 e. The number of nitrogens with zero attached hydrogens (tertiary/aromatic N) is 1. The Morgan fingerprint density at radius 2 is 2.33 bits per heavy atom. The third-order valence-electron chi connectivity index (χ3n) is 4.25. The van der Waals surface area contributed by atoms with Gasteiger partial charge >= 0.3 is 5.97 Å². The molecule has 1 saturated heterocycles. The van der Waals surface area contributed by atoms with Crippen LogP contribution in [0.3, 0.4) is 0 Å². The van der Waals surface area contributed by atoms with Crippen LogP contribution in [0.4, 0.5) is 0 Å². The van der Waals surface area contributed by atoms with Gasteiger partial charge in [0, 0.05) is 17.0 Å². The van der Waals surface area contributed by atoms with E-state index in [0.717, 1.165) is 19.4 Å². The van der Waals surface area contributed by atoms with Gasteiger partial charge in [-0.25, -0.2) is 0 Å². The zero-order valence-corrected chi connectivity index (χ0v) is 11.3. The van der Waals surface area contributed by atoms with Gasteiger partial charge in [0.25, 0.3) is 0 Å². The standard InChI is InChI=1S/C14H19NO2S/c16-14(17)9-10-3-2-7-15(10)12-4-1-5-13-11(12)6-8-18-13/h6,8,10,12H,1-5,7,9H2,(H,16,17). The van der Waals surface area contributed by atoms with Crippen molar-refractivity contribution in [2.45, 2.75) is 50.6 Å². The SMILES string of the molecule is O=C(O)CC1CCCN1C1CCCc2sccc21. The molecule has 1 aliphatic heterocycles. The summed E-state index contributed by atoms with van der Waals surface area (Å²) < 4.78 is 0. The molecule has 2 unspecified atom stereocenters. The molecule has 1 aliphatic carbocycles. The monoisotopic (exact) mass is 265 g/mol. The second-order valence-electron chi connectivity index (χ2n) is 5.34. The van der Waals surface area contributed by atoms with Crippen molar-refractivity contribution in [1.29, 1.82) is 0 Å². The van der Waals surface area contributed by atoms with Crippen molar-refractivity contribution in [3.63, 3.8) is 0 Å². The first-order valence-corrected chi connectivity index (χ1v) is 7.67. The van der Waals surface area contributed by atoms with Crippen molar-refractivity contribution in [1.82, 2.24) is 4.90 Å². The number of aliphatic carboxylic acids is 1. The molecule has 0 amide bonds. The largest absolute Gasteiger partial charge is 0.481 e. The van der Waals surface area contributed by atoms with E-state index in [0.29, 0.717) is 12.5 Å². The van der Waals surface area contributed by atoms with Gasteiger partial charge in [0.15, 0.2) is 0 Å².